The SMILES string of the molecule is Cl.Cl.Cl.O=C(O)C(=O)O. The van der Waals surface area contributed by atoms with Gasteiger partial charge >= 0.3 is 11.9 Å². The molecule has 0 radical (unpaired) electrons. The Morgan fingerprint density at radius 3 is 0.889 bits per heavy atom. The predicted octanol–water partition coefficient (Wildman–Crippen LogP) is 0.421. The van der Waals surface area contributed by atoms with Gasteiger partial charge in [0, 0.05) is 0 Å². The molecule has 0 amide bonds. The zero-order chi connectivity index (χ0) is 5.15. The van der Waals surface area contributed by atoms with Gasteiger partial charge in [0.05, 0.1) is 0 Å². The van der Waals surface area contributed by atoms with Crippen LogP contribution in [0.1, 0.15) is 0 Å². The fourth-order valence-corrected chi connectivity index (χ4v) is 0. The van der Waals surface area contributed by atoms with E-state index >= 15 is 0 Å². The van der Waals surface area contributed by atoms with Crippen molar-refractivity contribution in [3.63, 3.8) is 0 Å². The van der Waals surface area contributed by atoms with Crippen molar-refractivity contribution in [1.82, 2.24) is 0 Å². The molecule has 0 fully saturated rings. The van der Waals surface area contributed by atoms with E-state index in [0.717, 1.165) is 0 Å². The summed E-state index contributed by atoms with van der Waals surface area (Å²) in [5, 5.41) is 14.8. The summed E-state index contributed by atoms with van der Waals surface area (Å²) in [4.78, 5) is 18.2. The van der Waals surface area contributed by atoms with Crippen LogP contribution in [0, 0.1) is 0 Å². The van der Waals surface area contributed by atoms with Crippen LogP contribution in [0.4, 0.5) is 0 Å². The third-order valence-electron chi connectivity index (χ3n) is 0.183. The molecule has 0 atom stereocenters. The number of halogens is 3. The van der Waals surface area contributed by atoms with Crippen LogP contribution in [0.25, 0.3) is 0 Å². The molecule has 0 rings (SSSR count). The van der Waals surface area contributed by atoms with Crippen LogP contribution < -0.4 is 0 Å². The average Bonchev–Trinajstić information content (AvgIpc) is 1.36. The second-order valence-corrected chi connectivity index (χ2v) is 0.610. The van der Waals surface area contributed by atoms with Gasteiger partial charge in [-0.3, -0.25) is 0 Å². The highest BCUT2D eigenvalue weighted by Crippen LogP contribution is 1.56. The second kappa shape index (κ2) is 10.7. The summed E-state index contributed by atoms with van der Waals surface area (Å²) in [5.74, 6) is -3.65. The molecule has 58 valence electrons. The molecule has 0 aromatic rings. The lowest BCUT2D eigenvalue weighted by molar-refractivity contribution is -0.159. The highest BCUT2D eigenvalue weighted by atomic mass is 35.5. The van der Waals surface area contributed by atoms with Crippen LogP contribution in [0.2, 0.25) is 0 Å². The van der Waals surface area contributed by atoms with Gasteiger partial charge < -0.3 is 10.2 Å². The number of carboxylic acid groups (broad SMARTS) is 2. The summed E-state index contributed by atoms with van der Waals surface area (Å²) in [6.45, 7) is 0. The standard InChI is InChI=1S/C2H2O4.3ClH/c3-1(4)2(5)6;;;/h(H,3,4)(H,5,6);3*1H. The average molecular weight is 199 g/mol. The van der Waals surface area contributed by atoms with Crippen molar-refractivity contribution in [3.05, 3.63) is 0 Å². The summed E-state index contributed by atoms with van der Waals surface area (Å²) >= 11 is 0. The van der Waals surface area contributed by atoms with E-state index < -0.39 is 11.9 Å². The topological polar surface area (TPSA) is 74.6 Å². The highest BCUT2D eigenvalue weighted by molar-refractivity contribution is 6.27. The smallest absolute Gasteiger partial charge is 0.414 e. The summed E-state index contributed by atoms with van der Waals surface area (Å²) in [5.41, 5.74) is 0. The Balaban J connectivity index is -0.0000000417. The van der Waals surface area contributed by atoms with Gasteiger partial charge in [-0.15, -0.1) is 37.2 Å². The van der Waals surface area contributed by atoms with E-state index in [-0.39, 0.29) is 37.2 Å². The van der Waals surface area contributed by atoms with Crippen molar-refractivity contribution >= 4 is 49.2 Å². The van der Waals surface area contributed by atoms with Gasteiger partial charge in [-0.25, -0.2) is 9.59 Å². The predicted molar refractivity (Wildman–Crippen MR) is 37.0 cm³/mol. The zero-order valence-corrected chi connectivity index (χ0v) is 6.39. The fourth-order valence-electron chi connectivity index (χ4n) is 0. The normalized spacial score (nSPS) is 4.89. The van der Waals surface area contributed by atoms with E-state index in [2.05, 4.69) is 0 Å². The first-order valence-corrected chi connectivity index (χ1v) is 1.11. The van der Waals surface area contributed by atoms with Gasteiger partial charge in [-0.2, -0.15) is 0 Å². The monoisotopic (exact) mass is 198 g/mol. The molecule has 0 aliphatic heterocycles. The molecule has 2 N–H and O–H groups in total. The van der Waals surface area contributed by atoms with Gasteiger partial charge in [0.25, 0.3) is 0 Å². The summed E-state index contributed by atoms with van der Waals surface area (Å²) in [6, 6.07) is 0. The Hall–Kier alpha value is -0.190. The maximum absolute atomic E-state index is 9.10. The molecule has 0 saturated heterocycles. The van der Waals surface area contributed by atoms with Gasteiger partial charge in [0.1, 0.15) is 0 Å². The third-order valence-corrected chi connectivity index (χ3v) is 0.183. The number of carbonyl (C=O) groups is 2. The number of hydrogen-bond acceptors (Lipinski definition) is 2. The third kappa shape index (κ3) is 18.2. The van der Waals surface area contributed by atoms with Gasteiger partial charge in [-0.05, 0) is 0 Å². The van der Waals surface area contributed by atoms with Crippen molar-refractivity contribution < 1.29 is 19.8 Å². The molecule has 0 aliphatic rings. The lowest BCUT2D eigenvalue weighted by Crippen LogP contribution is -2.09. The molecule has 0 aliphatic carbocycles. The van der Waals surface area contributed by atoms with E-state index in [1.807, 2.05) is 0 Å². The lowest BCUT2D eigenvalue weighted by atomic mass is 10.7. The molecule has 0 aromatic heterocycles. The van der Waals surface area contributed by atoms with Gasteiger partial charge in [0.2, 0.25) is 0 Å². The van der Waals surface area contributed by atoms with E-state index in [1.54, 1.807) is 0 Å². The van der Waals surface area contributed by atoms with Crippen LogP contribution >= 0.6 is 37.2 Å². The fraction of sp³-hybridized carbons (Fsp3) is 0. The molecular weight excluding hydrogens is 194 g/mol. The first-order valence-electron chi connectivity index (χ1n) is 1.11. The number of carboxylic acids is 2. The van der Waals surface area contributed by atoms with Gasteiger partial charge in [0.15, 0.2) is 0 Å². The van der Waals surface area contributed by atoms with Crippen molar-refractivity contribution in [2.45, 2.75) is 0 Å². The molecule has 0 spiro atoms. The van der Waals surface area contributed by atoms with Crippen LogP contribution in [-0.4, -0.2) is 22.2 Å². The Morgan fingerprint density at radius 1 is 0.778 bits per heavy atom. The molecule has 0 bridgehead atoms. The van der Waals surface area contributed by atoms with Crippen LogP contribution in [0.5, 0.6) is 0 Å². The van der Waals surface area contributed by atoms with Crippen LogP contribution in [0.3, 0.4) is 0 Å². The second-order valence-electron chi connectivity index (χ2n) is 0.610. The molecule has 0 aromatic carbocycles. The van der Waals surface area contributed by atoms with Crippen LogP contribution in [-0.2, 0) is 9.59 Å². The minimum atomic E-state index is -1.82. The van der Waals surface area contributed by atoms with Crippen molar-refractivity contribution in [3.8, 4) is 0 Å². The lowest BCUT2D eigenvalue weighted by Gasteiger charge is -1.72. The minimum absolute atomic E-state index is 0. The van der Waals surface area contributed by atoms with Crippen LogP contribution in [0.15, 0.2) is 0 Å². The number of rotatable bonds is 0. The Bertz CT molecular complexity index is 79.8. The molecule has 9 heavy (non-hydrogen) atoms. The molecule has 0 unspecified atom stereocenters. The van der Waals surface area contributed by atoms with E-state index in [0.29, 0.717) is 0 Å². The Kier molecular flexibility index (Phi) is 27.7. The largest absolute Gasteiger partial charge is 0.473 e. The summed E-state index contributed by atoms with van der Waals surface area (Å²) < 4.78 is 0. The van der Waals surface area contributed by atoms with E-state index in [9.17, 15) is 0 Å². The molecule has 4 nitrogen and oxygen atoms in total. The quantitative estimate of drug-likeness (QED) is 0.555. The highest BCUT2D eigenvalue weighted by Gasteiger charge is 2.04. The van der Waals surface area contributed by atoms with E-state index in [4.69, 9.17) is 19.8 Å². The Labute approximate surface area is 69.5 Å². The van der Waals surface area contributed by atoms with Gasteiger partial charge in [-0.1, -0.05) is 0 Å². The maximum atomic E-state index is 9.10. The zero-order valence-electron chi connectivity index (χ0n) is 3.94. The van der Waals surface area contributed by atoms with Crippen molar-refractivity contribution in [1.29, 1.82) is 0 Å². The minimum Gasteiger partial charge on any atom is -0.473 e. The van der Waals surface area contributed by atoms with Crippen molar-refractivity contribution in [2.24, 2.45) is 0 Å². The molecule has 7 heteroatoms. The number of aliphatic carboxylic acids is 2. The first-order chi connectivity index (χ1) is 2.64. The summed E-state index contributed by atoms with van der Waals surface area (Å²) in [7, 11) is 0. The number of hydrogen-bond donors (Lipinski definition) is 2. The van der Waals surface area contributed by atoms with E-state index in [1.165, 1.54) is 0 Å². The Morgan fingerprint density at radius 2 is 0.889 bits per heavy atom. The summed E-state index contributed by atoms with van der Waals surface area (Å²) in [6.07, 6.45) is 0. The van der Waals surface area contributed by atoms with Crippen molar-refractivity contribution in [2.75, 3.05) is 0 Å². The first kappa shape index (κ1) is 23.2. The molecule has 0 saturated carbocycles. The maximum Gasteiger partial charge on any atom is 0.414 e. The molecular formula is C2H5Cl3O4. The molecule has 0 heterocycles.